The van der Waals surface area contributed by atoms with Crippen molar-refractivity contribution in [2.75, 3.05) is 37.0 Å². The fourth-order valence-electron chi connectivity index (χ4n) is 2.48. The van der Waals surface area contributed by atoms with Crippen LogP contribution in [0.5, 0.6) is 0 Å². The van der Waals surface area contributed by atoms with Crippen molar-refractivity contribution in [1.82, 2.24) is 0 Å². The Morgan fingerprint density at radius 1 is 0.773 bits per heavy atom. The predicted molar refractivity (Wildman–Crippen MR) is 94.2 cm³/mol. The van der Waals surface area contributed by atoms with Gasteiger partial charge in [-0.3, -0.25) is 4.79 Å². The molecule has 0 unspecified atom stereocenters. The number of anilines is 2. The molecular weight excluding hydrogens is 272 g/mol. The smallest absolute Gasteiger partial charge is 0.197 e. The van der Waals surface area contributed by atoms with E-state index in [0.29, 0.717) is 0 Å². The van der Waals surface area contributed by atoms with Gasteiger partial charge in [0, 0.05) is 49.7 Å². The molecule has 2 rings (SSSR count). The van der Waals surface area contributed by atoms with E-state index in [4.69, 9.17) is 0 Å². The molecule has 0 saturated heterocycles. The largest absolute Gasteiger partial charge is 0.374 e. The number of nitrogens with zero attached hydrogens (tertiary/aromatic N) is 2. The van der Waals surface area contributed by atoms with Crippen LogP contribution in [0.15, 0.2) is 48.5 Å². The average Bonchev–Trinajstić information content (AvgIpc) is 2.59. The van der Waals surface area contributed by atoms with Crippen molar-refractivity contribution < 1.29 is 4.79 Å². The maximum atomic E-state index is 13.1. The second-order valence-corrected chi connectivity index (χ2v) is 5.39. The highest BCUT2D eigenvalue weighted by Crippen LogP contribution is 2.27. The minimum Gasteiger partial charge on any atom is -0.374 e. The Kier molecular flexibility index (Phi) is 5.21. The van der Waals surface area contributed by atoms with Crippen LogP contribution in [-0.2, 0) is 0 Å². The summed E-state index contributed by atoms with van der Waals surface area (Å²) in [4.78, 5) is 17.3. The van der Waals surface area contributed by atoms with Gasteiger partial charge in [-0.05, 0) is 38.1 Å². The zero-order chi connectivity index (χ0) is 16.1. The molecule has 0 spiro atoms. The molecular formula is C19H24N2O. The molecule has 0 fully saturated rings. The molecule has 0 aliphatic rings. The summed E-state index contributed by atoms with van der Waals surface area (Å²) >= 11 is 0. The Hall–Kier alpha value is -2.29. The summed E-state index contributed by atoms with van der Waals surface area (Å²) in [5.41, 5.74) is 3.46. The number of hydrogen-bond acceptors (Lipinski definition) is 3. The maximum absolute atomic E-state index is 13.1. The summed E-state index contributed by atoms with van der Waals surface area (Å²) in [5, 5.41) is 0. The molecule has 0 amide bonds. The van der Waals surface area contributed by atoms with Gasteiger partial charge in [-0.1, -0.05) is 24.3 Å². The molecule has 0 bridgehead atoms. The number of rotatable bonds is 6. The van der Waals surface area contributed by atoms with Crippen LogP contribution in [0.1, 0.15) is 29.8 Å². The third-order valence-corrected chi connectivity index (χ3v) is 4.07. The minimum absolute atomic E-state index is 0.0757. The highest BCUT2D eigenvalue weighted by atomic mass is 16.1. The number of carbonyl (C=O) groups is 1. The molecule has 3 heteroatoms. The summed E-state index contributed by atoms with van der Waals surface area (Å²) in [6, 6.07) is 15.6. The van der Waals surface area contributed by atoms with Crippen molar-refractivity contribution in [1.29, 1.82) is 0 Å². The number of carbonyl (C=O) groups excluding carboxylic acids is 1. The fourth-order valence-corrected chi connectivity index (χ4v) is 2.48. The zero-order valence-electron chi connectivity index (χ0n) is 13.8. The monoisotopic (exact) mass is 296 g/mol. The second-order valence-electron chi connectivity index (χ2n) is 5.39. The van der Waals surface area contributed by atoms with Crippen LogP contribution < -0.4 is 9.80 Å². The van der Waals surface area contributed by atoms with Crippen LogP contribution in [0.4, 0.5) is 11.4 Å². The summed E-state index contributed by atoms with van der Waals surface area (Å²) in [7, 11) is 4.02. The Morgan fingerprint density at radius 2 is 1.14 bits per heavy atom. The van der Waals surface area contributed by atoms with Crippen molar-refractivity contribution in [2.45, 2.75) is 13.8 Å². The molecule has 22 heavy (non-hydrogen) atoms. The number of hydrogen-bond donors (Lipinski definition) is 0. The Morgan fingerprint density at radius 3 is 1.50 bits per heavy atom. The van der Waals surface area contributed by atoms with Crippen molar-refractivity contribution >= 4 is 17.2 Å². The summed E-state index contributed by atoms with van der Waals surface area (Å²) < 4.78 is 0. The van der Waals surface area contributed by atoms with E-state index in [2.05, 4.69) is 23.6 Å². The predicted octanol–water partition coefficient (Wildman–Crippen LogP) is 3.83. The van der Waals surface area contributed by atoms with Crippen LogP contribution >= 0.6 is 0 Å². The lowest BCUT2D eigenvalue weighted by molar-refractivity contribution is 0.103. The van der Waals surface area contributed by atoms with Gasteiger partial charge in [0.25, 0.3) is 0 Å². The van der Waals surface area contributed by atoms with E-state index in [1.165, 1.54) is 0 Å². The van der Waals surface area contributed by atoms with E-state index in [9.17, 15) is 4.79 Å². The molecule has 0 aliphatic heterocycles. The first kappa shape index (κ1) is 16.1. The molecule has 0 N–H and O–H groups in total. The van der Waals surface area contributed by atoms with E-state index < -0.39 is 0 Å². The SMILES string of the molecule is CCN(C)c1ccccc1C(=O)c1ccccc1N(C)CC. The van der Waals surface area contributed by atoms with Gasteiger partial charge in [-0.15, -0.1) is 0 Å². The molecule has 116 valence electrons. The first-order valence-corrected chi connectivity index (χ1v) is 7.75. The van der Waals surface area contributed by atoms with Crippen LogP contribution in [0.25, 0.3) is 0 Å². The maximum Gasteiger partial charge on any atom is 0.197 e. The summed E-state index contributed by atoms with van der Waals surface area (Å²) in [5.74, 6) is 0.0757. The van der Waals surface area contributed by atoms with Crippen molar-refractivity contribution in [3.8, 4) is 0 Å². The van der Waals surface area contributed by atoms with Gasteiger partial charge in [-0.25, -0.2) is 0 Å². The van der Waals surface area contributed by atoms with Crippen molar-refractivity contribution in [3.05, 3.63) is 59.7 Å². The first-order chi connectivity index (χ1) is 10.6. The first-order valence-electron chi connectivity index (χ1n) is 7.75. The van der Waals surface area contributed by atoms with Crippen LogP contribution in [0.3, 0.4) is 0 Å². The van der Waals surface area contributed by atoms with E-state index in [0.717, 1.165) is 35.6 Å². The van der Waals surface area contributed by atoms with Crippen LogP contribution in [0.2, 0.25) is 0 Å². The fraction of sp³-hybridized carbons (Fsp3) is 0.316. The van der Waals surface area contributed by atoms with Gasteiger partial charge < -0.3 is 9.80 Å². The second kappa shape index (κ2) is 7.12. The molecule has 3 nitrogen and oxygen atoms in total. The van der Waals surface area contributed by atoms with Gasteiger partial charge in [0.15, 0.2) is 5.78 Å². The minimum atomic E-state index is 0.0757. The van der Waals surface area contributed by atoms with E-state index in [1.54, 1.807) is 0 Å². The molecule has 0 aromatic heterocycles. The molecule has 0 heterocycles. The van der Waals surface area contributed by atoms with Gasteiger partial charge in [0.2, 0.25) is 0 Å². The topological polar surface area (TPSA) is 23.6 Å². The highest BCUT2D eigenvalue weighted by molar-refractivity contribution is 6.15. The standard InChI is InChI=1S/C19H24N2O/c1-5-20(3)17-13-9-7-11-15(17)19(22)16-12-8-10-14-18(16)21(4)6-2/h7-14H,5-6H2,1-4H3. The van der Waals surface area contributed by atoms with E-state index in [1.807, 2.05) is 62.6 Å². The molecule has 0 atom stereocenters. The molecule has 2 aromatic rings. The molecule has 0 saturated carbocycles. The van der Waals surface area contributed by atoms with Crippen molar-refractivity contribution in [3.63, 3.8) is 0 Å². The van der Waals surface area contributed by atoms with Gasteiger partial charge in [0.1, 0.15) is 0 Å². The summed E-state index contributed by atoms with van der Waals surface area (Å²) in [6.07, 6.45) is 0. The lowest BCUT2D eigenvalue weighted by Gasteiger charge is -2.23. The third-order valence-electron chi connectivity index (χ3n) is 4.07. The number of para-hydroxylation sites is 2. The lowest BCUT2D eigenvalue weighted by Crippen LogP contribution is -2.22. The number of benzene rings is 2. The number of ketones is 1. The van der Waals surface area contributed by atoms with E-state index in [-0.39, 0.29) is 5.78 Å². The Labute approximate surface area is 133 Å². The molecule has 0 aliphatic carbocycles. The van der Waals surface area contributed by atoms with Crippen LogP contribution in [-0.4, -0.2) is 33.0 Å². The van der Waals surface area contributed by atoms with Crippen LogP contribution in [0, 0.1) is 0 Å². The Bertz CT molecular complexity index is 596. The van der Waals surface area contributed by atoms with E-state index >= 15 is 0 Å². The third kappa shape index (κ3) is 3.14. The highest BCUT2D eigenvalue weighted by Gasteiger charge is 2.19. The lowest BCUT2D eigenvalue weighted by atomic mass is 9.99. The summed E-state index contributed by atoms with van der Waals surface area (Å²) in [6.45, 7) is 5.89. The van der Waals surface area contributed by atoms with Gasteiger partial charge in [-0.2, -0.15) is 0 Å². The van der Waals surface area contributed by atoms with Gasteiger partial charge >= 0.3 is 0 Å². The average molecular weight is 296 g/mol. The quantitative estimate of drug-likeness (QED) is 0.757. The molecule has 0 radical (unpaired) electrons. The normalized spacial score (nSPS) is 10.4. The van der Waals surface area contributed by atoms with Crippen molar-refractivity contribution in [2.24, 2.45) is 0 Å². The van der Waals surface area contributed by atoms with Gasteiger partial charge in [0.05, 0.1) is 0 Å². The zero-order valence-corrected chi connectivity index (χ0v) is 13.8. The molecule has 2 aromatic carbocycles. The Balaban J connectivity index is 2.50.